The molecule has 0 saturated heterocycles. The van der Waals surface area contributed by atoms with Gasteiger partial charge in [-0.25, -0.2) is 0 Å². The van der Waals surface area contributed by atoms with Crippen LogP contribution in [0.5, 0.6) is 0 Å². The Morgan fingerprint density at radius 3 is 1.67 bits per heavy atom. The fourth-order valence-corrected chi connectivity index (χ4v) is 3.59. The van der Waals surface area contributed by atoms with Crippen LogP contribution in [-0.2, 0) is 26.2 Å². The van der Waals surface area contributed by atoms with Crippen LogP contribution in [0.25, 0.3) is 0 Å². The molecule has 0 aromatic rings. The van der Waals surface area contributed by atoms with Crippen molar-refractivity contribution in [3.8, 4) is 0 Å². The maximum Gasteiger partial charge on any atom is 0.0471 e. The number of hydrogen-bond donors (Lipinski definition) is 2. The molecule has 0 aromatic carbocycles. The molecule has 0 atom stereocenters. The summed E-state index contributed by atoms with van der Waals surface area (Å²) in [7, 11) is 0. The Morgan fingerprint density at radius 2 is 1.33 bits per heavy atom. The van der Waals surface area contributed by atoms with E-state index in [1.165, 1.54) is 11.1 Å². The Hall–Kier alpha value is 0.343. The molecule has 2 rings (SSSR count). The van der Waals surface area contributed by atoms with E-state index in [-0.39, 0.29) is 45.3 Å². The average Bonchev–Trinajstić information content (AvgIpc) is 2.96. The molecule has 0 radical (unpaired) electrons. The summed E-state index contributed by atoms with van der Waals surface area (Å²) in [5.41, 5.74) is 4.51. The summed E-state index contributed by atoms with van der Waals surface area (Å²) < 4.78 is 0. The normalized spacial score (nSPS) is 18.4. The minimum Gasteiger partial charge on any atom is -0.396 e. The molecule has 2 aliphatic carbocycles. The van der Waals surface area contributed by atoms with Gasteiger partial charge >= 0.3 is 0 Å². The molecule has 0 spiro atoms. The van der Waals surface area contributed by atoms with Gasteiger partial charge in [0.25, 0.3) is 0 Å². The Labute approximate surface area is 155 Å². The summed E-state index contributed by atoms with van der Waals surface area (Å²) >= 11 is 12.5. The summed E-state index contributed by atoms with van der Waals surface area (Å²) in [5, 5.41) is 20.0. The van der Waals surface area contributed by atoms with Gasteiger partial charge in [0.05, 0.1) is 0 Å². The Morgan fingerprint density at radius 1 is 0.952 bits per heavy atom. The molecule has 21 heavy (non-hydrogen) atoms. The minimum atomic E-state index is 0. The standard InChI is InChI=1S/C16H20Cl2O2.Zr/c1-10(11-2-4-15(17)13(11)6-8-19)12-3-5-16(18)14(12)7-9-20;/h2-3,10,19-20H,4-9H2,1H3;. The summed E-state index contributed by atoms with van der Waals surface area (Å²) in [5.74, 6) is 0.200. The van der Waals surface area contributed by atoms with Crippen molar-refractivity contribution >= 4 is 23.2 Å². The number of aliphatic hydroxyl groups is 2. The Bertz CT molecular complexity index is 472. The van der Waals surface area contributed by atoms with Crippen LogP contribution >= 0.6 is 23.2 Å². The van der Waals surface area contributed by atoms with Gasteiger partial charge in [0.2, 0.25) is 0 Å². The van der Waals surface area contributed by atoms with E-state index in [0.29, 0.717) is 12.8 Å². The van der Waals surface area contributed by atoms with Gasteiger partial charge in [-0.05, 0) is 35.1 Å². The van der Waals surface area contributed by atoms with E-state index < -0.39 is 0 Å². The minimum absolute atomic E-state index is 0. The number of halogens is 2. The van der Waals surface area contributed by atoms with Gasteiger partial charge in [0, 0.05) is 68.2 Å². The molecule has 5 heteroatoms. The van der Waals surface area contributed by atoms with Crippen molar-refractivity contribution in [1.29, 1.82) is 0 Å². The second kappa shape index (κ2) is 8.84. The van der Waals surface area contributed by atoms with Crippen LogP contribution in [0, 0.1) is 5.92 Å². The molecule has 0 bridgehead atoms. The van der Waals surface area contributed by atoms with Crippen LogP contribution in [0.2, 0.25) is 0 Å². The van der Waals surface area contributed by atoms with Crippen molar-refractivity contribution in [3.05, 3.63) is 44.5 Å². The third-order valence-corrected chi connectivity index (χ3v) is 4.78. The molecule has 0 aliphatic heterocycles. The van der Waals surface area contributed by atoms with Crippen LogP contribution in [-0.4, -0.2) is 23.4 Å². The number of hydrogen-bond acceptors (Lipinski definition) is 2. The SMILES string of the molecule is CC(C1=CCC(Cl)=C1CCO)C1=CCC(Cl)=C1CCO.[Zr]. The molecular formula is C16H20Cl2O2Zr. The van der Waals surface area contributed by atoms with Crippen molar-refractivity contribution in [1.82, 2.24) is 0 Å². The molecule has 2 N–H and O–H groups in total. The van der Waals surface area contributed by atoms with Crippen LogP contribution in [0.4, 0.5) is 0 Å². The third kappa shape index (κ3) is 4.21. The molecule has 2 aliphatic rings. The molecule has 114 valence electrons. The monoisotopic (exact) mass is 404 g/mol. The van der Waals surface area contributed by atoms with Gasteiger partial charge in [-0.3, -0.25) is 0 Å². The van der Waals surface area contributed by atoms with E-state index in [1.54, 1.807) is 0 Å². The topological polar surface area (TPSA) is 40.5 Å². The number of aliphatic hydroxyl groups excluding tert-OH is 2. The van der Waals surface area contributed by atoms with Gasteiger partial charge in [0.1, 0.15) is 0 Å². The number of allylic oxidation sites excluding steroid dienone is 6. The van der Waals surface area contributed by atoms with Gasteiger partial charge in [0.15, 0.2) is 0 Å². The molecule has 0 aromatic heterocycles. The molecule has 2 nitrogen and oxygen atoms in total. The second-order valence-electron chi connectivity index (χ2n) is 5.16. The molecular weight excluding hydrogens is 386 g/mol. The largest absolute Gasteiger partial charge is 0.396 e. The zero-order valence-electron chi connectivity index (χ0n) is 12.1. The Kier molecular flexibility index (Phi) is 8.16. The quantitative estimate of drug-likeness (QED) is 0.699. The third-order valence-electron chi connectivity index (χ3n) is 4.01. The van der Waals surface area contributed by atoms with Crippen LogP contribution in [0.3, 0.4) is 0 Å². The predicted molar refractivity (Wildman–Crippen MR) is 83.7 cm³/mol. The first-order valence-corrected chi connectivity index (χ1v) is 7.73. The van der Waals surface area contributed by atoms with Gasteiger partial charge in [-0.2, -0.15) is 0 Å². The van der Waals surface area contributed by atoms with Gasteiger partial charge in [-0.1, -0.05) is 42.3 Å². The van der Waals surface area contributed by atoms with E-state index in [2.05, 4.69) is 19.1 Å². The van der Waals surface area contributed by atoms with Crippen LogP contribution < -0.4 is 0 Å². The molecule has 0 amide bonds. The first-order valence-electron chi connectivity index (χ1n) is 6.97. The van der Waals surface area contributed by atoms with E-state index in [1.807, 2.05) is 0 Å². The molecule has 0 heterocycles. The van der Waals surface area contributed by atoms with E-state index >= 15 is 0 Å². The van der Waals surface area contributed by atoms with Crippen LogP contribution in [0.15, 0.2) is 44.5 Å². The fourth-order valence-electron chi connectivity index (χ4n) is 3.03. The fraction of sp³-hybridized carbons (Fsp3) is 0.500. The van der Waals surface area contributed by atoms with Gasteiger partial charge < -0.3 is 10.2 Å². The maximum atomic E-state index is 9.19. The molecule has 0 unspecified atom stereocenters. The number of rotatable bonds is 6. The zero-order chi connectivity index (χ0) is 14.7. The summed E-state index contributed by atoms with van der Waals surface area (Å²) in [6, 6.07) is 0. The zero-order valence-corrected chi connectivity index (χ0v) is 16.1. The van der Waals surface area contributed by atoms with Crippen molar-refractivity contribution in [2.24, 2.45) is 5.92 Å². The van der Waals surface area contributed by atoms with Gasteiger partial charge in [-0.15, -0.1) is 0 Å². The first-order chi connectivity index (χ1) is 9.60. The van der Waals surface area contributed by atoms with E-state index in [4.69, 9.17) is 23.2 Å². The average molecular weight is 406 g/mol. The van der Waals surface area contributed by atoms with Crippen molar-refractivity contribution in [3.63, 3.8) is 0 Å². The Balaban J connectivity index is 0.00000220. The van der Waals surface area contributed by atoms with E-state index in [0.717, 1.165) is 34.1 Å². The first kappa shape index (κ1) is 19.4. The summed E-state index contributed by atoms with van der Waals surface area (Å²) in [4.78, 5) is 0. The summed E-state index contributed by atoms with van der Waals surface area (Å²) in [6.45, 7) is 2.35. The maximum absolute atomic E-state index is 9.19. The van der Waals surface area contributed by atoms with Crippen molar-refractivity contribution in [2.45, 2.75) is 32.6 Å². The van der Waals surface area contributed by atoms with E-state index in [9.17, 15) is 10.2 Å². The smallest absolute Gasteiger partial charge is 0.0471 e. The van der Waals surface area contributed by atoms with Crippen LogP contribution in [0.1, 0.15) is 32.6 Å². The van der Waals surface area contributed by atoms with Crippen molar-refractivity contribution < 1.29 is 36.4 Å². The predicted octanol–water partition coefficient (Wildman–Crippen LogP) is 4.03. The molecule has 0 fully saturated rings. The second-order valence-corrected chi connectivity index (χ2v) is 6.08. The molecule has 0 saturated carbocycles. The van der Waals surface area contributed by atoms with Crippen molar-refractivity contribution in [2.75, 3.05) is 13.2 Å². The summed E-state index contributed by atoms with van der Waals surface area (Å²) in [6.07, 6.45) is 6.96.